The summed E-state index contributed by atoms with van der Waals surface area (Å²) in [6, 6.07) is 3.05. The van der Waals surface area contributed by atoms with E-state index in [2.05, 4.69) is 9.62 Å². The molecule has 2 fully saturated rings. The number of rotatable bonds is 5. The van der Waals surface area contributed by atoms with E-state index >= 15 is 0 Å². The second kappa shape index (κ2) is 6.07. The Labute approximate surface area is 135 Å². The van der Waals surface area contributed by atoms with Crippen LogP contribution in [0.25, 0.3) is 0 Å². The van der Waals surface area contributed by atoms with E-state index in [1.165, 1.54) is 25.8 Å². The summed E-state index contributed by atoms with van der Waals surface area (Å²) < 4.78 is 40.8. The molecule has 0 bridgehead atoms. The number of sulfonamides is 1. The van der Waals surface area contributed by atoms with Crippen LogP contribution in [0.5, 0.6) is 0 Å². The molecule has 2 aliphatic rings. The molecule has 1 aromatic rings. The number of benzene rings is 1. The van der Waals surface area contributed by atoms with Gasteiger partial charge in [0.25, 0.3) is 0 Å². The summed E-state index contributed by atoms with van der Waals surface area (Å²) in [5, 5.41) is -0.0818. The molecular weight excluding hydrogens is 327 g/mol. The lowest BCUT2D eigenvalue weighted by molar-refractivity contribution is 0.314. The van der Waals surface area contributed by atoms with Crippen LogP contribution in [-0.4, -0.2) is 39.0 Å². The Morgan fingerprint density at radius 1 is 1.36 bits per heavy atom. The number of halogens is 2. The van der Waals surface area contributed by atoms with Crippen molar-refractivity contribution in [1.82, 2.24) is 9.62 Å². The number of nitrogens with zero attached hydrogens (tertiary/aromatic N) is 1. The van der Waals surface area contributed by atoms with Crippen LogP contribution in [0, 0.1) is 18.7 Å². The van der Waals surface area contributed by atoms with E-state index in [4.69, 9.17) is 11.6 Å². The van der Waals surface area contributed by atoms with Crippen molar-refractivity contribution < 1.29 is 12.8 Å². The Morgan fingerprint density at radius 2 is 2.09 bits per heavy atom. The predicted octanol–water partition coefficient (Wildman–Crippen LogP) is 2.55. The minimum Gasteiger partial charge on any atom is -0.300 e. The maximum atomic E-state index is 13.4. The normalized spacial score (nSPS) is 23.1. The average molecular weight is 347 g/mol. The zero-order chi connectivity index (χ0) is 15.9. The summed E-state index contributed by atoms with van der Waals surface area (Å²) in [7, 11) is -3.71. The van der Waals surface area contributed by atoms with Gasteiger partial charge in [-0.2, -0.15) is 0 Å². The minimum absolute atomic E-state index is 0.0508. The summed E-state index contributed by atoms with van der Waals surface area (Å²) in [6.45, 7) is 3.92. The number of hydrogen-bond donors (Lipinski definition) is 1. The highest BCUT2D eigenvalue weighted by Crippen LogP contribution is 2.31. The molecule has 1 N–H and O–H groups in total. The largest absolute Gasteiger partial charge is 0.300 e. The van der Waals surface area contributed by atoms with E-state index in [1.807, 2.05) is 0 Å². The van der Waals surface area contributed by atoms with Crippen LogP contribution in [0.3, 0.4) is 0 Å². The predicted molar refractivity (Wildman–Crippen MR) is 84.0 cm³/mol. The molecule has 1 aliphatic carbocycles. The smallest absolute Gasteiger partial charge is 0.242 e. The minimum atomic E-state index is -3.71. The van der Waals surface area contributed by atoms with Crippen LogP contribution in [0.15, 0.2) is 17.0 Å². The Morgan fingerprint density at radius 3 is 2.77 bits per heavy atom. The van der Waals surface area contributed by atoms with Crippen LogP contribution in [0.4, 0.5) is 4.39 Å². The van der Waals surface area contributed by atoms with Crippen molar-refractivity contribution in [3.05, 3.63) is 28.5 Å². The van der Waals surface area contributed by atoms with E-state index in [-0.39, 0.29) is 15.5 Å². The zero-order valence-corrected chi connectivity index (χ0v) is 14.1. The van der Waals surface area contributed by atoms with E-state index in [1.54, 1.807) is 0 Å². The standard InChI is InChI=1S/C15H20ClFN2O2S/c1-10-6-15(13(16)7-14(10)17)22(20,21)18-8-11-4-5-19(9-11)12-2-3-12/h6-7,11-12,18H,2-5,8-9H2,1H3/t11-/m1/s1. The van der Waals surface area contributed by atoms with E-state index in [9.17, 15) is 12.8 Å². The molecule has 7 heteroatoms. The molecule has 0 amide bonds. The van der Waals surface area contributed by atoms with E-state index in [0.717, 1.165) is 31.6 Å². The molecule has 22 heavy (non-hydrogen) atoms. The molecule has 1 atom stereocenters. The van der Waals surface area contributed by atoms with Crippen molar-refractivity contribution in [3.8, 4) is 0 Å². The maximum absolute atomic E-state index is 13.4. The molecule has 1 saturated carbocycles. The van der Waals surface area contributed by atoms with Gasteiger partial charge in [-0.1, -0.05) is 11.6 Å². The Balaban J connectivity index is 1.65. The first-order chi connectivity index (χ1) is 10.4. The molecule has 0 radical (unpaired) electrons. The highest BCUT2D eigenvalue weighted by Gasteiger charge is 2.34. The Kier molecular flexibility index (Phi) is 4.47. The van der Waals surface area contributed by atoms with Gasteiger partial charge in [0, 0.05) is 19.1 Å². The van der Waals surface area contributed by atoms with Gasteiger partial charge in [0.15, 0.2) is 0 Å². The molecule has 122 valence electrons. The molecule has 1 saturated heterocycles. The van der Waals surface area contributed by atoms with Gasteiger partial charge in [0.05, 0.1) is 5.02 Å². The van der Waals surface area contributed by atoms with Gasteiger partial charge in [-0.05, 0) is 56.3 Å². The Bertz CT molecular complexity index is 676. The molecule has 0 aromatic heterocycles. The van der Waals surface area contributed by atoms with Crippen molar-refractivity contribution >= 4 is 21.6 Å². The molecule has 0 unspecified atom stereocenters. The van der Waals surface area contributed by atoms with E-state index in [0.29, 0.717) is 12.5 Å². The third kappa shape index (κ3) is 3.45. The molecule has 0 spiro atoms. The van der Waals surface area contributed by atoms with Gasteiger partial charge < -0.3 is 4.90 Å². The summed E-state index contributed by atoms with van der Waals surface area (Å²) in [4.78, 5) is 2.39. The van der Waals surface area contributed by atoms with Crippen molar-refractivity contribution in [2.75, 3.05) is 19.6 Å². The number of likely N-dealkylation sites (tertiary alicyclic amines) is 1. The van der Waals surface area contributed by atoms with Gasteiger partial charge in [-0.3, -0.25) is 0 Å². The molecule has 4 nitrogen and oxygen atoms in total. The third-order valence-corrected chi connectivity index (χ3v) is 6.33. The molecule has 1 heterocycles. The zero-order valence-electron chi connectivity index (χ0n) is 12.5. The van der Waals surface area contributed by atoms with Crippen LogP contribution < -0.4 is 4.72 Å². The van der Waals surface area contributed by atoms with Gasteiger partial charge in [0.1, 0.15) is 10.7 Å². The second-order valence-electron chi connectivity index (χ2n) is 6.26. The highest BCUT2D eigenvalue weighted by molar-refractivity contribution is 7.89. The topological polar surface area (TPSA) is 49.4 Å². The first-order valence-electron chi connectivity index (χ1n) is 7.56. The fourth-order valence-corrected chi connectivity index (χ4v) is 4.66. The van der Waals surface area contributed by atoms with Crippen molar-refractivity contribution in [3.63, 3.8) is 0 Å². The van der Waals surface area contributed by atoms with Crippen LogP contribution in [-0.2, 0) is 10.0 Å². The van der Waals surface area contributed by atoms with Crippen LogP contribution in [0.2, 0.25) is 5.02 Å². The summed E-state index contributed by atoms with van der Waals surface area (Å²) in [5.41, 5.74) is 0.269. The first kappa shape index (κ1) is 16.2. The van der Waals surface area contributed by atoms with Gasteiger partial charge >= 0.3 is 0 Å². The van der Waals surface area contributed by atoms with Crippen LogP contribution in [0.1, 0.15) is 24.8 Å². The quantitative estimate of drug-likeness (QED) is 0.891. The van der Waals surface area contributed by atoms with Gasteiger partial charge in [-0.25, -0.2) is 17.5 Å². The van der Waals surface area contributed by atoms with Crippen LogP contribution >= 0.6 is 11.6 Å². The molecule has 1 aromatic carbocycles. The lowest BCUT2D eigenvalue weighted by Crippen LogP contribution is -2.31. The van der Waals surface area contributed by atoms with Crippen molar-refractivity contribution in [2.45, 2.75) is 37.1 Å². The monoisotopic (exact) mass is 346 g/mol. The van der Waals surface area contributed by atoms with E-state index < -0.39 is 15.8 Å². The summed E-state index contributed by atoms with van der Waals surface area (Å²) in [6.07, 6.45) is 3.54. The number of aryl methyl sites for hydroxylation is 1. The fourth-order valence-electron chi connectivity index (χ4n) is 2.94. The van der Waals surface area contributed by atoms with Gasteiger partial charge in [0.2, 0.25) is 10.0 Å². The molecule has 1 aliphatic heterocycles. The summed E-state index contributed by atoms with van der Waals surface area (Å²) >= 11 is 5.89. The van der Waals surface area contributed by atoms with Gasteiger partial charge in [-0.15, -0.1) is 0 Å². The third-order valence-electron chi connectivity index (χ3n) is 4.45. The lowest BCUT2D eigenvalue weighted by Gasteiger charge is -2.15. The van der Waals surface area contributed by atoms with Crippen molar-refractivity contribution in [1.29, 1.82) is 0 Å². The second-order valence-corrected chi connectivity index (χ2v) is 8.41. The SMILES string of the molecule is Cc1cc(S(=O)(=O)NC[C@H]2CCN(C3CC3)C2)c(Cl)cc1F. The fraction of sp³-hybridized carbons (Fsp3) is 0.600. The number of hydrogen-bond acceptors (Lipinski definition) is 3. The molecular formula is C15H20ClFN2O2S. The summed E-state index contributed by atoms with van der Waals surface area (Å²) in [5.74, 6) is -0.171. The maximum Gasteiger partial charge on any atom is 0.242 e. The Hall–Kier alpha value is -0.690. The molecule has 3 rings (SSSR count). The number of nitrogens with one attached hydrogen (secondary N) is 1. The first-order valence-corrected chi connectivity index (χ1v) is 9.42. The van der Waals surface area contributed by atoms with Crippen molar-refractivity contribution in [2.24, 2.45) is 5.92 Å². The average Bonchev–Trinajstić information content (AvgIpc) is 3.19. The highest BCUT2D eigenvalue weighted by atomic mass is 35.5. The lowest BCUT2D eigenvalue weighted by atomic mass is 10.1.